The fraction of sp³-hybridized carbons (Fsp3) is 0.514. The van der Waals surface area contributed by atoms with Crippen molar-refractivity contribution in [1.82, 2.24) is 9.80 Å². The van der Waals surface area contributed by atoms with Crippen molar-refractivity contribution in [2.24, 2.45) is 5.92 Å². The Morgan fingerprint density at radius 3 is 2.57 bits per heavy atom. The van der Waals surface area contributed by atoms with Crippen molar-refractivity contribution >= 4 is 23.9 Å². The van der Waals surface area contributed by atoms with Crippen molar-refractivity contribution in [2.75, 3.05) is 20.1 Å². The number of esters is 2. The van der Waals surface area contributed by atoms with E-state index in [9.17, 15) is 27.6 Å². The molecule has 2 saturated carbocycles. The van der Waals surface area contributed by atoms with Crippen LogP contribution in [-0.2, 0) is 37.1 Å². The first kappa shape index (κ1) is 30.8. The Hall–Kier alpha value is -3.86. The Balaban J connectivity index is 1.28. The molecule has 2 bridgehead atoms. The number of rotatable bonds is 7. The molecule has 5 aliphatic rings. The van der Waals surface area contributed by atoms with Crippen LogP contribution in [0.25, 0.3) is 6.08 Å². The minimum Gasteiger partial charge on any atom is -0.483 e. The summed E-state index contributed by atoms with van der Waals surface area (Å²) >= 11 is 0. The topological polar surface area (TPSA) is 85.4 Å². The molecule has 0 radical (unpaired) electrons. The Labute approximate surface area is 265 Å². The van der Waals surface area contributed by atoms with E-state index in [1.807, 2.05) is 6.07 Å². The molecule has 2 aliphatic heterocycles. The third kappa shape index (κ3) is 4.80. The number of hydrogen-bond donors (Lipinski definition) is 0. The number of amides is 1. The Morgan fingerprint density at radius 1 is 1.09 bits per heavy atom. The molecular formula is C35H37F3N2O6. The van der Waals surface area contributed by atoms with Gasteiger partial charge in [0, 0.05) is 39.1 Å². The lowest BCUT2D eigenvalue weighted by Gasteiger charge is -2.65. The summed E-state index contributed by atoms with van der Waals surface area (Å²) in [6.07, 6.45) is 2.17. The van der Waals surface area contributed by atoms with Gasteiger partial charge in [0.1, 0.15) is 11.7 Å². The van der Waals surface area contributed by atoms with Gasteiger partial charge < -0.3 is 19.1 Å². The van der Waals surface area contributed by atoms with Gasteiger partial charge >= 0.3 is 18.1 Å². The molecule has 2 unspecified atom stereocenters. The fourth-order valence-electron chi connectivity index (χ4n) is 8.78. The van der Waals surface area contributed by atoms with Crippen LogP contribution in [0.5, 0.6) is 11.5 Å². The number of nitrogens with zero attached hydrogens (tertiary/aromatic N) is 2. The van der Waals surface area contributed by atoms with Crippen LogP contribution in [0.15, 0.2) is 42.5 Å². The molecule has 7 rings (SSSR count). The van der Waals surface area contributed by atoms with Gasteiger partial charge in [-0.05, 0) is 86.4 Å². The van der Waals surface area contributed by atoms with Gasteiger partial charge in [0.05, 0.1) is 23.1 Å². The molecule has 8 nitrogen and oxygen atoms in total. The van der Waals surface area contributed by atoms with Gasteiger partial charge in [-0.25, -0.2) is 0 Å². The van der Waals surface area contributed by atoms with E-state index in [1.54, 1.807) is 18.0 Å². The number of alkyl halides is 3. The molecule has 0 aromatic heterocycles. The largest absolute Gasteiger partial charge is 0.483 e. The molecule has 1 amide bonds. The number of piperidine rings is 1. The van der Waals surface area contributed by atoms with E-state index in [4.69, 9.17) is 14.2 Å². The van der Waals surface area contributed by atoms with E-state index in [-0.39, 0.29) is 17.6 Å². The maximum atomic E-state index is 13.6. The molecule has 2 aromatic carbocycles. The predicted molar refractivity (Wildman–Crippen MR) is 161 cm³/mol. The highest BCUT2D eigenvalue weighted by Gasteiger charge is 2.75. The number of carbonyl (C=O) groups is 3. The van der Waals surface area contributed by atoms with Gasteiger partial charge in [-0.1, -0.05) is 18.2 Å². The molecule has 11 heteroatoms. The average Bonchev–Trinajstić information content (AvgIpc) is 3.74. The van der Waals surface area contributed by atoms with Gasteiger partial charge in [-0.15, -0.1) is 0 Å². The number of likely N-dealkylation sites (N-methyl/N-ethyl adjacent to an activating group) is 1. The maximum absolute atomic E-state index is 13.6. The molecule has 2 aromatic rings. The van der Waals surface area contributed by atoms with Crippen LogP contribution < -0.4 is 9.47 Å². The molecule has 0 N–H and O–H groups in total. The summed E-state index contributed by atoms with van der Waals surface area (Å²) in [6.45, 7) is 4.46. The molecule has 5 atom stereocenters. The molecule has 3 aliphatic carbocycles. The standard InChI is InChI=1S/C35H37F3N2O6/c1-20(41)44-27-11-10-24-18-28-34(46-21(2)42)14-13-26(39(3)29(43)12-9-22-5-4-6-25(17-22)35(36,37)38)32-33(34,30(24)31(27)45-32)15-16-40(28)19-23-7-8-23/h4-6,9-12,17,23,26,28,32H,7-8,13-16,18-19H2,1-3H3/b12-9+/t26?,28-,32?,33+,34-/m1/s1. The van der Waals surface area contributed by atoms with Crippen molar-refractivity contribution in [1.29, 1.82) is 0 Å². The molecule has 3 fully saturated rings. The molecule has 46 heavy (non-hydrogen) atoms. The van der Waals surface area contributed by atoms with Gasteiger partial charge in [0.15, 0.2) is 11.5 Å². The van der Waals surface area contributed by atoms with Crippen LogP contribution in [0.3, 0.4) is 0 Å². The van der Waals surface area contributed by atoms with Crippen molar-refractivity contribution in [3.05, 3.63) is 64.7 Å². The minimum atomic E-state index is -4.49. The third-order valence-electron chi connectivity index (χ3n) is 10.7. The van der Waals surface area contributed by atoms with E-state index in [2.05, 4.69) is 4.90 Å². The summed E-state index contributed by atoms with van der Waals surface area (Å²) in [5.74, 6) is 0.119. The highest BCUT2D eigenvalue weighted by atomic mass is 19.4. The Morgan fingerprint density at radius 2 is 1.87 bits per heavy atom. The third-order valence-corrected chi connectivity index (χ3v) is 10.7. The zero-order valence-electron chi connectivity index (χ0n) is 26.1. The van der Waals surface area contributed by atoms with E-state index in [0.29, 0.717) is 43.1 Å². The second-order valence-corrected chi connectivity index (χ2v) is 13.4. The number of carbonyl (C=O) groups excluding carboxylic acids is 3. The molecule has 2 heterocycles. The highest BCUT2D eigenvalue weighted by molar-refractivity contribution is 5.92. The van der Waals surface area contributed by atoms with Gasteiger partial charge in [-0.3, -0.25) is 19.3 Å². The first-order chi connectivity index (χ1) is 21.8. The second-order valence-electron chi connectivity index (χ2n) is 13.4. The summed E-state index contributed by atoms with van der Waals surface area (Å²) in [4.78, 5) is 42.7. The first-order valence-electron chi connectivity index (χ1n) is 15.9. The van der Waals surface area contributed by atoms with Crippen molar-refractivity contribution in [3.8, 4) is 11.5 Å². The van der Waals surface area contributed by atoms with Crippen LogP contribution in [-0.4, -0.2) is 71.6 Å². The van der Waals surface area contributed by atoms with Gasteiger partial charge in [0.25, 0.3) is 0 Å². The van der Waals surface area contributed by atoms with Crippen LogP contribution in [0, 0.1) is 5.92 Å². The predicted octanol–water partition coefficient (Wildman–Crippen LogP) is 5.31. The molecule has 244 valence electrons. The minimum absolute atomic E-state index is 0.0855. The number of halogens is 3. The second kappa shape index (κ2) is 10.9. The Bertz CT molecular complexity index is 1640. The normalized spacial score (nSPS) is 29.6. The molecule has 1 spiro atoms. The van der Waals surface area contributed by atoms with Gasteiger partial charge in [0.2, 0.25) is 5.91 Å². The zero-order chi connectivity index (χ0) is 32.6. The quantitative estimate of drug-likeness (QED) is 0.231. The smallest absolute Gasteiger partial charge is 0.416 e. The SMILES string of the molecule is CC(=O)Oc1ccc2c3c1OC1C(N(C)C(=O)/C=C/c4cccc(C(F)(F)F)c4)CC[C@@]4(OC(C)=O)[C@@H](C2)N(CC2CC2)CC[C@]314. The number of ether oxygens (including phenoxy) is 3. The summed E-state index contributed by atoms with van der Waals surface area (Å²) in [5, 5.41) is 0. The molecular weight excluding hydrogens is 601 g/mol. The van der Waals surface area contributed by atoms with Crippen LogP contribution in [0.1, 0.15) is 68.2 Å². The lowest BCUT2D eigenvalue weighted by molar-refractivity contribution is -0.223. The highest BCUT2D eigenvalue weighted by Crippen LogP contribution is 2.67. The number of hydrogen-bond acceptors (Lipinski definition) is 7. The lowest BCUT2D eigenvalue weighted by atomic mass is 9.48. The van der Waals surface area contributed by atoms with Crippen molar-refractivity contribution in [3.63, 3.8) is 0 Å². The summed E-state index contributed by atoms with van der Waals surface area (Å²) < 4.78 is 58.7. The van der Waals surface area contributed by atoms with E-state index < -0.39 is 46.8 Å². The first-order valence-corrected chi connectivity index (χ1v) is 15.9. The van der Waals surface area contributed by atoms with Crippen molar-refractivity contribution < 1.29 is 41.8 Å². The summed E-state index contributed by atoms with van der Waals surface area (Å²) in [6, 6.07) is 8.00. The lowest BCUT2D eigenvalue weighted by Crippen LogP contribution is -2.79. The number of benzene rings is 2. The van der Waals surface area contributed by atoms with E-state index in [1.165, 1.54) is 51.0 Å². The zero-order valence-corrected chi connectivity index (χ0v) is 26.1. The number of likely N-dealkylation sites (tertiary alicyclic amines) is 1. The van der Waals surface area contributed by atoms with Crippen molar-refractivity contribution in [2.45, 2.75) is 87.8 Å². The van der Waals surface area contributed by atoms with E-state index >= 15 is 0 Å². The average molecular weight is 639 g/mol. The fourth-order valence-corrected chi connectivity index (χ4v) is 8.78. The Kier molecular flexibility index (Phi) is 7.26. The van der Waals surface area contributed by atoms with E-state index in [0.717, 1.165) is 36.3 Å². The van der Waals surface area contributed by atoms with Gasteiger partial charge in [-0.2, -0.15) is 13.2 Å². The van der Waals surface area contributed by atoms with Crippen LogP contribution in [0.2, 0.25) is 0 Å². The van der Waals surface area contributed by atoms with Crippen LogP contribution >= 0.6 is 0 Å². The summed E-state index contributed by atoms with van der Waals surface area (Å²) in [5.41, 5.74) is -0.306. The monoisotopic (exact) mass is 638 g/mol. The maximum Gasteiger partial charge on any atom is 0.416 e. The molecule has 1 saturated heterocycles. The summed E-state index contributed by atoms with van der Waals surface area (Å²) in [7, 11) is 1.67. The van der Waals surface area contributed by atoms with Crippen LogP contribution in [0.4, 0.5) is 13.2 Å².